The van der Waals surface area contributed by atoms with Gasteiger partial charge in [0.25, 0.3) is 0 Å². The molecule has 0 unspecified atom stereocenters. The summed E-state index contributed by atoms with van der Waals surface area (Å²) >= 11 is 12.0. The Hall–Kier alpha value is -3.57. The highest BCUT2D eigenvalue weighted by molar-refractivity contribution is 6.42. The monoisotopic (exact) mass is 648 g/mol. The lowest BCUT2D eigenvalue weighted by Gasteiger charge is -2.39. The molecular weight excluding hydrogens is 614 g/mol. The summed E-state index contributed by atoms with van der Waals surface area (Å²) in [6, 6.07) is 5.98. The molecule has 2 aromatic carbocycles. The van der Waals surface area contributed by atoms with Gasteiger partial charge in [-0.05, 0) is 72.6 Å². The van der Waals surface area contributed by atoms with E-state index in [1.807, 2.05) is 25.7 Å². The van der Waals surface area contributed by atoms with Crippen LogP contribution in [-0.2, 0) is 9.47 Å². The Morgan fingerprint density at radius 2 is 1.61 bits per heavy atom. The van der Waals surface area contributed by atoms with Crippen molar-refractivity contribution in [3.8, 4) is 11.5 Å². The van der Waals surface area contributed by atoms with Gasteiger partial charge in [-0.1, -0.05) is 23.2 Å². The Kier molecular flexibility index (Phi) is 8.74. The predicted octanol–water partition coefficient (Wildman–Crippen LogP) is 8.44. The first-order valence-electron chi connectivity index (χ1n) is 14.4. The number of hydrogen-bond donors (Lipinski definition) is 1. The highest BCUT2D eigenvalue weighted by Crippen LogP contribution is 2.42. The SMILES string of the molecule is CC(C)(C)OC(=O)Oc1cc2ncnc(Nc3ccc(Cl)c(Cl)c3F)c2cc1O[C@@H]1C[C@H]2CC[C@@H](C1)N2C(=O)OC(C)(C)C. The Bertz CT molecular complexity index is 1580. The van der Waals surface area contributed by atoms with Gasteiger partial charge in [0.2, 0.25) is 0 Å². The van der Waals surface area contributed by atoms with Gasteiger partial charge in [-0.25, -0.2) is 23.9 Å². The van der Waals surface area contributed by atoms with E-state index < -0.39 is 23.2 Å². The number of benzene rings is 2. The van der Waals surface area contributed by atoms with Crippen LogP contribution in [0.5, 0.6) is 11.5 Å². The van der Waals surface area contributed by atoms with Crippen LogP contribution in [0.15, 0.2) is 30.6 Å². The van der Waals surface area contributed by atoms with E-state index in [-0.39, 0.29) is 57.3 Å². The quantitative estimate of drug-likeness (QED) is 0.165. The van der Waals surface area contributed by atoms with Gasteiger partial charge in [0.05, 0.1) is 21.2 Å². The zero-order valence-corrected chi connectivity index (χ0v) is 26.9. The van der Waals surface area contributed by atoms with Gasteiger partial charge in [0.15, 0.2) is 17.3 Å². The van der Waals surface area contributed by atoms with Gasteiger partial charge in [0, 0.05) is 36.4 Å². The number of ether oxygens (including phenoxy) is 4. The third kappa shape index (κ3) is 7.21. The molecule has 0 spiro atoms. The van der Waals surface area contributed by atoms with E-state index in [0.717, 1.165) is 12.8 Å². The summed E-state index contributed by atoms with van der Waals surface area (Å²) in [5, 5.41) is 3.28. The van der Waals surface area contributed by atoms with Gasteiger partial charge in [-0.15, -0.1) is 0 Å². The molecule has 1 aromatic heterocycles. The lowest BCUT2D eigenvalue weighted by Crippen LogP contribution is -2.50. The number of aromatic nitrogens is 2. The largest absolute Gasteiger partial charge is 0.514 e. The number of fused-ring (bicyclic) bond motifs is 3. The molecule has 2 bridgehead atoms. The van der Waals surface area contributed by atoms with Crippen LogP contribution < -0.4 is 14.8 Å². The van der Waals surface area contributed by atoms with Gasteiger partial charge >= 0.3 is 12.2 Å². The second-order valence-corrected chi connectivity index (χ2v) is 13.7. The second-order valence-electron chi connectivity index (χ2n) is 12.9. The summed E-state index contributed by atoms with van der Waals surface area (Å²) < 4.78 is 38.0. The topological polar surface area (TPSA) is 112 Å². The van der Waals surface area contributed by atoms with E-state index in [1.165, 1.54) is 24.5 Å². The molecule has 2 fully saturated rings. The lowest BCUT2D eigenvalue weighted by atomic mass is 10.00. The second kappa shape index (κ2) is 12.1. The molecule has 2 saturated heterocycles. The molecule has 0 radical (unpaired) electrons. The normalized spacial score (nSPS) is 19.9. The number of rotatable bonds is 5. The first-order chi connectivity index (χ1) is 20.6. The summed E-state index contributed by atoms with van der Waals surface area (Å²) in [4.78, 5) is 36.1. The summed E-state index contributed by atoms with van der Waals surface area (Å²) in [5.74, 6) is -0.134. The number of nitrogens with one attached hydrogen (secondary N) is 1. The maximum absolute atomic E-state index is 14.9. The van der Waals surface area contributed by atoms with E-state index in [9.17, 15) is 14.0 Å². The fourth-order valence-corrected chi connectivity index (χ4v) is 5.77. The van der Waals surface area contributed by atoms with Crippen molar-refractivity contribution >= 4 is 57.9 Å². The zero-order chi connectivity index (χ0) is 32.0. The summed E-state index contributed by atoms with van der Waals surface area (Å²) in [6.07, 6.45) is 2.55. The van der Waals surface area contributed by atoms with E-state index in [4.69, 9.17) is 42.1 Å². The number of amides is 1. The molecule has 10 nitrogen and oxygen atoms in total. The van der Waals surface area contributed by atoms with Crippen molar-refractivity contribution in [1.82, 2.24) is 14.9 Å². The van der Waals surface area contributed by atoms with E-state index >= 15 is 0 Å². The number of anilines is 2. The van der Waals surface area contributed by atoms with Crippen LogP contribution in [0, 0.1) is 5.82 Å². The Balaban J connectivity index is 1.46. The average Bonchev–Trinajstić information content (AvgIpc) is 3.18. The van der Waals surface area contributed by atoms with Crippen LogP contribution in [-0.4, -0.2) is 56.5 Å². The van der Waals surface area contributed by atoms with Crippen molar-refractivity contribution in [3.05, 3.63) is 46.5 Å². The minimum atomic E-state index is -0.910. The molecule has 5 rings (SSSR count). The summed E-state index contributed by atoms with van der Waals surface area (Å²) in [7, 11) is 0. The first-order valence-corrected chi connectivity index (χ1v) is 15.1. The van der Waals surface area contributed by atoms with Gasteiger partial charge in [-0.3, -0.25) is 0 Å². The molecule has 2 aliphatic heterocycles. The maximum Gasteiger partial charge on any atom is 0.514 e. The number of carbonyl (C=O) groups excluding carboxylic acids is 2. The molecule has 13 heteroatoms. The molecule has 3 atom stereocenters. The van der Waals surface area contributed by atoms with Crippen LogP contribution in [0.2, 0.25) is 10.0 Å². The summed E-state index contributed by atoms with van der Waals surface area (Å²) in [6.45, 7) is 10.7. The number of halogens is 3. The van der Waals surface area contributed by atoms with Crippen LogP contribution >= 0.6 is 23.2 Å². The van der Waals surface area contributed by atoms with Gasteiger partial charge < -0.3 is 29.2 Å². The van der Waals surface area contributed by atoms with Crippen LogP contribution in [0.3, 0.4) is 0 Å². The van der Waals surface area contributed by atoms with Gasteiger partial charge in [0.1, 0.15) is 29.5 Å². The smallest absolute Gasteiger partial charge is 0.486 e. The molecule has 236 valence electrons. The van der Waals surface area contributed by atoms with Crippen molar-refractivity contribution in [2.45, 2.75) is 96.6 Å². The molecule has 44 heavy (non-hydrogen) atoms. The molecule has 3 aromatic rings. The number of piperidine rings is 1. The standard InChI is InChI=1S/C31H35Cl2FN4O6/c1-30(2,3)43-28(39)38-16-7-8-17(38)12-18(11-16)41-23-13-19-22(14-24(23)42-29(40)44-31(4,5)6)35-15-36-27(19)37-21-10-9-20(32)25(33)26(21)34/h9-10,13-18H,7-8,11-12H2,1-6H3,(H,35,36,37)/t16-,17+,18-. The molecule has 1 amide bonds. The highest BCUT2D eigenvalue weighted by atomic mass is 35.5. The fourth-order valence-electron chi connectivity index (χ4n) is 5.46. The number of carbonyl (C=O) groups is 2. The third-order valence-corrected chi connectivity index (χ3v) is 7.94. The van der Waals surface area contributed by atoms with Crippen LogP contribution in [0.4, 0.5) is 25.5 Å². The minimum absolute atomic E-state index is 0.0533. The molecular formula is C31H35Cl2FN4O6. The molecule has 1 N–H and O–H groups in total. The van der Waals surface area contributed by atoms with Crippen LogP contribution in [0.1, 0.15) is 67.2 Å². The lowest BCUT2D eigenvalue weighted by molar-refractivity contribution is -0.00820. The Morgan fingerprint density at radius 1 is 0.955 bits per heavy atom. The van der Waals surface area contributed by atoms with Crippen molar-refractivity contribution in [1.29, 1.82) is 0 Å². The Labute approximate surface area is 265 Å². The van der Waals surface area contributed by atoms with E-state index in [0.29, 0.717) is 23.7 Å². The number of nitrogens with zero attached hydrogens (tertiary/aromatic N) is 3. The summed E-state index contributed by atoms with van der Waals surface area (Å²) in [5.41, 5.74) is -0.932. The van der Waals surface area contributed by atoms with Crippen molar-refractivity contribution in [3.63, 3.8) is 0 Å². The van der Waals surface area contributed by atoms with E-state index in [1.54, 1.807) is 26.8 Å². The Morgan fingerprint density at radius 3 is 2.25 bits per heavy atom. The predicted molar refractivity (Wildman–Crippen MR) is 165 cm³/mol. The van der Waals surface area contributed by atoms with Crippen molar-refractivity contribution in [2.24, 2.45) is 0 Å². The molecule has 3 heterocycles. The first kappa shape index (κ1) is 31.8. The van der Waals surface area contributed by atoms with Crippen molar-refractivity contribution < 1.29 is 32.9 Å². The van der Waals surface area contributed by atoms with Gasteiger partial charge in [-0.2, -0.15) is 0 Å². The third-order valence-electron chi connectivity index (χ3n) is 7.16. The maximum atomic E-state index is 14.9. The van der Waals surface area contributed by atoms with Crippen molar-refractivity contribution in [2.75, 3.05) is 5.32 Å². The zero-order valence-electron chi connectivity index (χ0n) is 25.4. The molecule has 2 aliphatic rings. The number of hydrogen-bond acceptors (Lipinski definition) is 9. The molecule has 0 saturated carbocycles. The van der Waals surface area contributed by atoms with Crippen LogP contribution in [0.25, 0.3) is 10.9 Å². The average molecular weight is 650 g/mol. The highest BCUT2D eigenvalue weighted by Gasteiger charge is 2.46. The minimum Gasteiger partial charge on any atom is -0.486 e. The van der Waals surface area contributed by atoms with E-state index in [2.05, 4.69) is 15.3 Å². The fraction of sp³-hybridized carbons (Fsp3) is 0.484. The molecule has 0 aliphatic carbocycles.